The molecule has 3 nitrogen and oxygen atoms in total. The average molecular weight is 562 g/mol. The smallest absolute Gasteiger partial charge is 0.0719 e. The zero-order valence-electron chi connectivity index (χ0n) is 29.0. The lowest BCUT2D eigenvalue weighted by Crippen LogP contribution is -2.04. The minimum absolute atomic E-state index is 0.641. The van der Waals surface area contributed by atoms with E-state index >= 15 is 0 Å². The minimum atomic E-state index is 0.641. The van der Waals surface area contributed by atoms with Crippen LogP contribution in [-0.4, -0.2) is 16.9 Å². The monoisotopic (exact) mass is 562 g/mol. The first-order valence-electron chi connectivity index (χ1n) is 15.3. The lowest BCUT2D eigenvalue weighted by Gasteiger charge is -2.10. The number of hydrogen-bond acceptors (Lipinski definition) is 3. The zero-order valence-corrected chi connectivity index (χ0v) is 29.0. The number of pyridine rings is 1. The van der Waals surface area contributed by atoms with Gasteiger partial charge in [0.15, 0.2) is 0 Å². The van der Waals surface area contributed by atoms with Gasteiger partial charge in [-0.1, -0.05) is 129 Å². The van der Waals surface area contributed by atoms with Gasteiger partial charge in [0, 0.05) is 29.3 Å². The summed E-state index contributed by atoms with van der Waals surface area (Å²) in [5.41, 5.74) is 7.74. The van der Waals surface area contributed by atoms with Gasteiger partial charge in [0.05, 0.1) is 5.69 Å². The van der Waals surface area contributed by atoms with Gasteiger partial charge in [0.25, 0.3) is 0 Å². The van der Waals surface area contributed by atoms with Gasteiger partial charge >= 0.3 is 0 Å². The third-order valence-electron chi connectivity index (χ3n) is 5.52. The highest BCUT2D eigenvalue weighted by Crippen LogP contribution is 2.18. The molecule has 1 rings (SSSR count). The molecule has 1 heterocycles. The van der Waals surface area contributed by atoms with Crippen molar-refractivity contribution in [3.63, 3.8) is 0 Å². The molecule has 0 aliphatic carbocycles. The molecule has 1 atom stereocenters. The number of aryl methyl sites for hydroxylation is 1. The van der Waals surface area contributed by atoms with E-state index in [-0.39, 0.29) is 0 Å². The van der Waals surface area contributed by atoms with Crippen LogP contribution >= 0.6 is 0 Å². The van der Waals surface area contributed by atoms with Crippen molar-refractivity contribution in [2.75, 3.05) is 0 Å². The number of nitrogens with one attached hydrogen (secondary N) is 2. The molecule has 0 amide bonds. The summed E-state index contributed by atoms with van der Waals surface area (Å²) in [6.45, 7) is 34.0. The van der Waals surface area contributed by atoms with E-state index < -0.39 is 0 Å². The van der Waals surface area contributed by atoms with Gasteiger partial charge in [-0.2, -0.15) is 0 Å². The molecule has 0 bridgehead atoms. The molecule has 0 aliphatic heterocycles. The molecular formula is C38H63N3. The first-order chi connectivity index (χ1) is 19.5. The maximum absolute atomic E-state index is 7.98. The fourth-order valence-electron chi connectivity index (χ4n) is 3.08. The van der Waals surface area contributed by atoms with Gasteiger partial charge in [-0.05, 0) is 71.1 Å². The van der Waals surface area contributed by atoms with E-state index in [4.69, 9.17) is 10.8 Å². The van der Waals surface area contributed by atoms with E-state index in [1.165, 1.54) is 30.2 Å². The van der Waals surface area contributed by atoms with Crippen LogP contribution in [0.2, 0.25) is 0 Å². The van der Waals surface area contributed by atoms with E-state index in [1.807, 2.05) is 80.5 Å². The van der Waals surface area contributed by atoms with Crippen LogP contribution in [0.5, 0.6) is 0 Å². The molecule has 0 aromatic carbocycles. The largest absolute Gasteiger partial charge is 0.308 e. The highest BCUT2D eigenvalue weighted by Gasteiger charge is 2.09. The molecule has 1 aromatic heterocycles. The van der Waals surface area contributed by atoms with Crippen molar-refractivity contribution in [2.24, 2.45) is 5.92 Å². The maximum Gasteiger partial charge on any atom is 0.0719 e. The Morgan fingerprint density at radius 1 is 1.05 bits per heavy atom. The van der Waals surface area contributed by atoms with Gasteiger partial charge in [0.2, 0.25) is 0 Å². The first-order valence-corrected chi connectivity index (χ1v) is 15.3. The highest BCUT2D eigenvalue weighted by atomic mass is 14.7. The second-order valence-corrected chi connectivity index (χ2v) is 9.31. The van der Waals surface area contributed by atoms with Gasteiger partial charge in [-0.15, -0.1) is 5.92 Å². The Kier molecular flexibility index (Phi) is 34.1. The van der Waals surface area contributed by atoms with Crippen molar-refractivity contribution in [2.45, 2.75) is 122 Å². The van der Waals surface area contributed by atoms with Crippen LogP contribution in [0.15, 0.2) is 66.4 Å². The quantitative estimate of drug-likeness (QED) is 0.157. The van der Waals surface area contributed by atoms with Gasteiger partial charge in [0.1, 0.15) is 0 Å². The molecular weight excluding hydrogens is 498 g/mol. The van der Waals surface area contributed by atoms with E-state index in [0.717, 1.165) is 47.2 Å². The van der Waals surface area contributed by atoms with Crippen molar-refractivity contribution in [1.29, 1.82) is 10.8 Å². The molecule has 2 N–H and O–H groups in total. The molecule has 1 unspecified atom stereocenters. The number of aromatic nitrogens is 1. The Morgan fingerprint density at radius 2 is 1.61 bits per heavy atom. The van der Waals surface area contributed by atoms with Crippen molar-refractivity contribution in [3.05, 3.63) is 83.3 Å². The van der Waals surface area contributed by atoms with Gasteiger partial charge in [-0.3, -0.25) is 4.98 Å². The SMILES string of the molecule is C=C/C(C)=C\C(=C)CCC.CC.CC.CC#C/C=C\C(C)CC.CCCC(=N)c1cnc(C(C=N)=C(C)C)cc1C. The van der Waals surface area contributed by atoms with Crippen LogP contribution in [0.25, 0.3) is 5.57 Å². The summed E-state index contributed by atoms with van der Waals surface area (Å²) >= 11 is 0. The topological polar surface area (TPSA) is 60.6 Å². The van der Waals surface area contributed by atoms with Crippen LogP contribution in [-0.2, 0) is 0 Å². The molecule has 1 aromatic rings. The second kappa shape index (κ2) is 31.3. The summed E-state index contributed by atoms with van der Waals surface area (Å²) in [5, 5.41) is 15.4. The predicted molar refractivity (Wildman–Crippen MR) is 191 cm³/mol. The molecule has 0 fully saturated rings. The number of nitrogens with zero attached hydrogens (tertiary/aromatic N) is 1. The summed E-state index contributed by atoms with van der Waals surface area (Å²) in [6, 6.07) is 1.97. The summed E-state index contributed by atoms with van der Waals surface area (Å²) < 4.78 is 0. The van der Waals surface area contributed by atoms with Gasteiger partial charge < -0.3 is 10.8 Å². The van der Waals surface area contributed by atoms with Crippen molar-refractivity contribution in [1.82, 2.24) is 4.98 Å². The summed E-state index contributed by atoms with van der Waals surface area (Å²) in [7, 11) is 0. The third kappa shape index (κ3) is 24.3. The fourth-order valence-corrected chi connectivity index (χ4v) is 3.08. The van der Waals surface area contributed by atoms with Crippen LogP contribution in [0.1, 0.15) is 132 Å². The van der Waals surface area contributed by atoms with Gasteiger partial charge in [-0.25, -0.2) is 0 Å². The van der Waals surface area contributed by atoms with E-state index in [9.17, 15) is 0 Å². The lowest BCUT2D eigenvalue weighted by molar-refractivity contribution is 0.698. The predicted octanol–water partition coefficient (Wildman–Crippen LogP) is 12.1. The Bertz CT molecular complexity index is 1020. The summed E-state index contributed by atoms with van der Waals surface area (Å²) in [5.74, 6) is 6.37. The van der Waals surface area contributed by atoms with Crippen molar-refractivity contribution in [3.8, 4) is 11.8 Å². The number of rotatable bonds is 11. The molecule has 0 aliphatic rings. The molecule has 3 heteroatoms. The molecule has 41 heavy (non-hydrogen) atoms. The Labute approximate surface area is 256 Å². The number of allylic oxidation sites excluding steroid dienone is 8. The molecule has 0 radical (unpaired) electrons. The van der Waals surface area contributed by atoms with Crippen LogP contribution in [0, 0.1) is 35.5 Å². The molecule has 0 saturated carbocycles. The van der Waals surface area contributed by atoms with E-state index in [2.05, 4.69) is 69.8 Å². The van der Waals surface area contributed by atoms with Crippen molar-refractivity contribution < 1.29 is 0 Å². The maximum atomic E-state index is 7.98. The second-order valence-electron chi connectivity index (χ2n) is 9.31. The average Bonchev–Trinajstić information content (AvgIpc) is 2.96. The third-order valence-corrected chi connectivity index (χ3v) is 5.52. The Morgan fingerprint density at radius 3 is 2.00 bits per heavy atom. The molecule has 0 spiro atoms. The van der Waals surface area contributed by atoms with E-state index in [0.29, 0.717) is 11.6 Å². The standard InChI is InChI=1S/C15H21N3.C10H16.C9H14.2C2H6/c1-5-6-14(17)13-9-18-15(7-11(13)4)12(8-16)10(2)3;1-5-7-10(4)8-9(3)6-2;1-4-6-7-8-9(3)5-2;2*1-2/h7-9,16-17H,5-6H2,1-4H3;6,8H,2,4-5,7H2,1,3H3;7-9H,5H2,1-3H3;2*1-2H3/b;9-8-;8-7-;;. The Hall–Kier alpha value is -3.25. The minimum Gasteiger partial charge on any atom is -0.308 e. The summed E-state index contributed by atoms with van der Waals surface area (Å²) in [6.07, 6.45) is 16.3. The molecule has 230 valence electrons. The van der Waals surface area contributed by atoms with Crippen LogP contribution in [0.3, 0.4) is 0 Å². The van der Waals surface area contributed by atoms with Crippen LogP contribution in [0.4, 0.5) is 0 Å². The summed E-state index contributed by atoms with van der Waals surface area (Å²) in [4.78, 5) is 4.39. The van der Waals surface area contributed by atoms with Crippen LogP contribution < -0.4 is 0 Å². The Balaban J connectivity index is -0.000000254. The number of hydrogen-bond donors (Lipinski definition) is 2. The normalized spacial score (nSPS) is 10.2. The first kappa shape index (κ1) is 44.8. The highest BCUT2D eigenvalue weighted by molar-refractivity contribution is 6.09. The van der Waals surface area contributed by atoms with Crippen molar-refractivity contribution >= 4 is 17.5 Å². The lowest BCUT2D eigenvalue weighted by atomic mass is 10.00. The zero-order chi connectivity index (χ0) is 32.8. The van der Waals surface area contributed by atoms with E-state index in [1.54, 1.807) is 6.20 Å². The fraction of sp³-hybridized carbons (Fsp3) is 0.500. The molecule has 0 saturated heterocycles.